The maximum atomic E-state index is 10.9. The third-order valence-electron chi connectivity index (χ3n) is 5.89. The second kappa shape index (κ2) is 8.32. The summed E-state index contributed by atoms with van der Waals surface area (Å²) in [6, 6.07) is 9.46. The predicted octanol–water partition coefficient (Wildman–Crippen LogP) is 3.23. The summed E-state index contributed by atoms with van der Waals surface area (Å²) in [4.78, 5) is 21.7. The van der Waals surface area contributed by atoms with E-state index in [9.17, 15) is 9.59 Å². The minimum atomic E-state index is 0.265. The second-order valence-corrected chi connectivity index (χ2v) is 7.23. The molecule has 2 amide bonds. The van der Waals surface area contributed by atoms with Crippen molar-refractivity contribution < 1.29 is 9.59 Å². The molecular formula is C20H28N2O2. The SMILES string of the molecule is O=CN[C@H]1CCCC[C@H]1c1ccc([C@@H]2CCCC[C@H]2NC=O)cc1. The Labute approximate surface area is 144 Å². The van der Waals surface area contributed by atoms with Gasteiger partial charge in [0.2, 0.25) is 12.8 Å². The van der Waals surface area contributed by atoms with Crippen LogP contribution in [-0.2, 0) is 9.59 Å². The third kappa shape index (κ3) is 3.80. The fraction of sp³-hybridized carbons (Fsp3) is 0.600. The molecule has 1 aromatic carbocycles. The molecule has 2 fully saturated rings. The van der Waals surface area contributed by atoms with Crippen molar-refractivity contribution in [2.24, 2.45) is 0 Å². The van der Waals surface area contributed by atoms with Crippen molar-refractivity contribution in [3.63, 3.8) is 0 Å². The van der Waals surface area contributed by atoms with Crippen LogP contribution in [0.4, 0.5) is 0 Å². The number of rotatable bonds is 6. The van der Waals surface area contributed by atoms with Crippen LogP contribution in [0.5, 0.6) is 0 Å². The zero-order chi connectivity index (χ0) is 16.8. The van der Waals surface area contributed by atoms with Gasteiger partial charge in [-0.15, -0.1) is 0 Å². The maximum absolute atomic E-state index is 10.9. The summed E-state index contributed by atoms with van der Waals surface area (Å²) in [7, 11) is 0. The molecular weight excluding hydrogens is 300 g/mol. The van der Waals surface area contributed by atoms with E-state index < -0.39 is 0 Å². The van der Waals surface area contributed by atoms with Crippen LogP contribution in [0.15, 0.2) is 24.3 Å². The largest absolute Gasteiger partial charge is 0.355 e. The van der Waals surface area contributed by atoms with Gasteiger partial charge in [0.25, 0.3) is 0 Å². The molecule has 0 spiro atoms. The minimum absolute atomic E-state index is 0.265. The number of nitrogens with one attached hydrogen (secondary N) is 2. The molecule has 3 rings (SSSR count). The van der Waals surface area contributed by atoms with Crippen LogP contribution < -0.4 is 10.6 Å². The van der Waals surface area contributed by atoms with Crippen molar-refractivity contribution in [1.82, 2.24) is 10.6 Å². The monoisotopic (exact) mass is 328 g/mol. The predicted molar refractivity (Wildman–Crippen MR) is 94.8 cm³/mol. The number of carbonyl (C=O) groups excluding carboxylic acids is 2. The van der Waals surface area contributed by atoms with Crippen molar-refractivity contribution in [2.75, 3.05) is 0 Å². The summed E-state index contributed by atoms with van der Waals surface area (Å²) >= 11 is 0. The van der Waals surface area contributed by atoms with E-state index in [1.807, 2.05) is 0 Å². The normalized spacial score (nSPS) is 30.3. The average Bonchev–Trinajstić information content (AvgIpc) is 2.64. The molecule has 0 saturated heterocycles. The van der Waals surface area contributed by atoms with E-state index in [4.69, 9.17) is 0 Å². The molecule has 2 N–H and O–H groups in total. The van der Waals surface area contributed by atoms with Crippen LogP contribution in [0.1, 0.15) is 74.3 Å². The molecule has 0 bridgehead atoms. The maximum Gasteiger partial charge on any atom is 0.207 e. The molecule has 2 aliphatic carbocycles. The van der Waals surface area contributed by atoms with Crippen LogP contribution in [0.3, 0.4) is 0 Å². The van der Waals surface area contributed by atoms with E-state index in [1.165, 1.54) is 36.8 Å². The molecule has 130 valence electrons. The number of amides is 2. The summed E-state index contributed by atoms with van der Waals surface area (Å²) in [5.41, 5.74) is 2.65. The Morgan fingerprint density at radius 1 is 0.667 bits per heavy atom. The molecule has 0 unspecified atom stereocenters. The summed E-state index contributed by atoms with van der Waals surface area (Å²) in [6.07, 6.45) is 11.0. The molecule has 1 aromatic rings. The lowest BCUT2D eigenvalue weighted by atomic mass is 9.77. The summed E-state index contributed by atoms with van der Waals surface area (Å²) in [5, 5.41) is 6.01. The second-order valence-electron chi connectivity index (χ2n) is 7.23. The molecule has 4 heteroatoms. The van der Waals surface area contributed by atoms with E-state index in [-0.39, 0.29) is 12.1 Å². The van der Waals surface area contributed by atoms with Crippen LogP contribution in [0.2, 0.25) is 0 Å². The Morgan fingerprint density at radius 3 is 1.42 bits per heavy atom. The topological polar surface area (TPSA) is 58.2 Å². The highest BCUT2D eigenvalue weighted by atomic mass is 16.1. The van der Waals surface area contributed by atoms with Crippen molar-refractivity contribution in [1.29, 1.82) is 0 Å². The summed E-state index contributed by atoms with van der Waals surface area (Å²) in [5.74, 6) is 0.849. The smallest absolute Gasteiger partial charge is 0.207 e. The molecule has 24 heavy (non-hydrogen) atoms. The Kier molecular flexibility index (Phi) is 5.89. The Morgan fingerprint density at radius 2 is 1.04 bits per heavy atom. The lowest BCUT2D eigenvalue weighted by Gasteiger charge is -2.33. The van der Waals surface area contributed by atoms with Crippen LogP contribution in [0.25, 0.3) is 0 Å². The molecule has 0 aromatic heterocycles. The standard InChI is InChI=1S/C20H28N2O2/c23-13-21-19-7-3-1-5-17(19)15-9-11-16(12-10-15)18-6-2-4-8-20(18)22-14-24/h9-14,17-20H,1-8H2,(H,21,23)(H,22,24)/t17-,18-,19-,20+/m0/s1. The lowest BCUT2D eigenvalue weighted by Crippen LogP contribution is -2.37. The zero-order valence-electron chi connectivity index (χ0n) is 14.2. The van der Waals surface area contributed by atoms with Gasteiger partial charge in [0, 0.05) is 23.9 Å². The Balaban J connectivity index is 1.74. The van der Waals surface area contributed by atoms with E-state index >= 15 is 0 Å². The van der Waals surface area contributed by atoms with Crippen molar-refractivity contribution in [3.8, 4) is 0 Å². The Bertz CT molecular complexity index is 494. The highest BCUT2D eigenvalue weighted by Crippen LogP contribution is 2.36. The van der Waals surface area contributed by atoms with Gasteiger partial charge in [-0.05, 0) is 36.8 Å². The van der Waals surface area contributed by atoms with Crippen LogP contribution in [0, 0.1) is 0 Å². The van der Waals surface area contributed by atoms with Crippen molar-refractivity contribution >= 4 is 12.8 Å². The molecule has 4 nitrogen and oxygen atoms in total. The Hall–Kier alpha value is -1.84. The first-order valence-electron chi connectivity index (χ1n) is 9.32. The van der Waals surface area contributed by atoms with Gasteiger partial charge in [-0.1, -0.05) is 49.9 Å². The molecule has 2 saturated carbocycles. The first-order valence-corrected chi connectivity index (χ1v) is 9.32. The van der Waals surface area contributed by atoms with Gasteiger partial charge in [0.15, 0.2) is 0 Å². The first-order chi connectivity index (χ1) is 11.8. The third-order valence-corrected chi connectivity index (χ3v) is 5.89. The number of benzene rings is 1. The van der Waals surface area contributed by atoms with E-state index in [1.54, 1.807) is 0 Å². The molecule has 0 aliphatic heterocycles. The molecule has 0 radical (unpaired) electrons. The van der Waals surface area contributed by atoms with Crippen molar-refractivity contribution in [2.45, 2.75) is 75.3 Å². The fourth-order valence-electron chi connectivity index (χ4n) is 4.62. The number of hydrogen-bond donors (Lipinski definition) is 2. The van der Waals surface area contributed by atoms with Gasteiger partial charge < -0.3 is 10.6 Å². The minimum Gasteiger partial charge on any atom is -0.355 e. The highest BCUT2D eigenvalue weighted by molar-refractivity contribution is 5.48. The van der Waals surface area contributed by atoms with Crippen LogP contribution in [-0.4, -0.2) is 24.9 Å². The number of carbonyl (C=O) groups is 2. The van der Waals surface area contributed by atoms with Gasteiger partial charge >= 0.3 is 0 Å². The average molecular weight is 328 g/mol. The lowest BCUT2D eigenvalue weighted by molar-refractivity contribution is -0.111. The van der Waals surface area contributed by atoms with Gasteiger partial charge in [-0.2, -0.15) is 0 Å². The summed E-state index contributed by atoms with van der Waals surface area (Å²) < 4.78 is 0. The van der Waals surface area contributed by atoms with Gasteiger partial charge in [0.05, 0.1) is 0 Å². The quantitative estimate of drug-likeness (QED) is 0.788. The molecule has 2 aliphatic rings. The summed E-state index contributed by atoms with van der Waals surface area (Å²) in [6.45, 7) is 0. The zero-order valence-corrected chi connectivity index (χ0v) is 14.2. The van der Waals surface area contributed by atoms with Gasteiger partial charge in [0.1, 0.15) is 0 Å². The van der Waals surface area contributed by atoms with E-state index in [0.29, 0.717) is 11.8 Å². The van der Waals surface area contributed by atoms with E-state index in [2.05, 4.69) is 34.9 Å². The van der Waals surface area contributed by atoms with Crippen molar-refractivity contribution in [3.05, 3.63) is 35.4 Å². The molecule has 0 heterocycles. The van der Waals surface area contributed by atoms with Crippen LogP contribution >= 0.6 is 0 Å². The highest BCUT2D eigenvalue weighted by Gasteiger charge is 2.28. The van der Waals surface area contributed by atoms with Gasteiger partial charge in [-0.25, -0.2) is 0 Å². The molecule has 4 atom stereocenters. The van der Waals surface area contributed by atoms with Gasteiger partial charge in [-0.3, -0.25) is 9.59 Å². The first kappa shape index (κ1) is 17.0. The number of hydrogen-bond acceptors (Lipinski definition) is 2. The van der Waals surface area contributed by atoms with E-state index in [0.717, 1.165) is 38.5 Å². The fourth-order valence-corrected chi connectivity index (χ4v) is 4.62.